The van der Waals surface area contributed by atoms with Crippen LogP contribution in [0.5, 0.6) is 0 Å². The highest BCUT2D eigenvalue weighted by molar-refractivity contribution is 5.90. The molecule has 0 aliphatic rings. The lowest BCUT2D eigenvalue weighted by Gasteiger charge is -2.17. The third-order valence-corrected chi connectivity index (χ3v) is 1.76. The van der Waals surface area contributed by atoms with Gasteiger partial charge in [0.15, 0.2) is 0 Å². The van der Waals surface area contributed by atoms with Crippen LogP contribution in [0.25, 0.3) is 0 Å². The van der Waals surface area contributed by atoms with E-state index in [4.69, 9.17) is 4.74 Å². The van der Waals surface area contributed by atoms with Crippen LogP contribution in [0.4, 0.5) is 4.79 Å². The molecule has 0 aromatic heterocycles. The molecule has 1 aromatic carbocycles. The Hall–Kier alpha value is -1.97. The summed E-state index contributed by atoms with van der Waals surface area (Å²) in [5, 5.41) is 0. The zero-order valence-corrected chi connectivity index (χ0v) is 10.1. The molecule has 4 nitrogen and oxygen atoms in total. The smallest absolute Gasteiger partial charge is 0.434 e. The summed E-state index contributed by atoms with van der Waals surface area (Å²) in [6.45, 7) is 5.31. The molecule has 17 heavy (non-hydrogen) atoms. The fourth-order valence-electron chi connectivity index (χ4n) is 1.13. The maximum absolute atomic E-state index is 11.3. The highest BCUT2D eigenvalue weighted by atomic mass is 16.6. The van der Waals surface area contributed by atoms with E-state index in [1.807, 2.05) is 0 Å². The van der Waals surface area contributed by atoms with Gasteiger partial charge in [0.1, 0.15) is 11.9 Å². The molecule has 0 bridgehead atoms. The number of carbonyl (C=O) groups excluding carboxylic acids is 2. The number of hydrogen-bond donors (Lipinski definition) is 0. The summed E-state index contributed by atoms with van der Waals surface area (Å²) < 4.78 is 5.01. The summed E-state index contributed by atoms with van der Waals surface area (Å²) in [5.74, 6) is 0. The van der Waals surface area contributed by atoms with E-state index in [2.05, 4.69) is 4.99 Å². The molecule has 0 aliphatic carbocycles. The predicted octanol–water partition coefficient (Wildman–Crippen LogP) is 2.85. The molecule has 0 saturated carbocycles. The van der Waals surface area contributed by atoms with E-state index in [1.54, 1.807) is 45.0 Å². The Balaban J connectivity index is 2.70. The molecule has 0 radical (unpaired) electrons. The van der Waals surface area contributed by atoms with E-state index in [-0.39, 0.29) is 0 Å². The zero-order chi connectivity index (χ0) is 12.9. The first-order valence-corrected chi connectivity index (χ1v) is 5.23. The van der Waals surface area contributed by atoms with Gasteiger partial charge in [-0.25, -0.2) is 4.79 Å². The van der Waals surface area contributed by atoms with Gasteiger partial charge in [-0.3, -0.25) is 4.79 Å². The van der Waals surface area contributed by atoms with Crippen molar-refractivity contribution >= 4 is 18.6 Å². The number of amides is 1. The van der Waals surface area contributed by atoms with Crippen molar-refractivity contribution in [3.8, 4) is 0 Å². The third-order valence-electron chi connectivity index (χ3n) is 1.76. The maximum atomic E-state index is 11.3. The zero-order valence-electron chi connectivity index (χ0n) is 10.1. The average molecular weight is 233 g/mol. The van der Waals surface area contributed by atoms with Crippen LogP contribution in [0.1, 0.15) is 36.7 Å². The van der Waals surface area contributed by atoms with Crippen molar-refractivity contribution in [1.82, 2.24) is 0 Å². The minimum atomic E-state index is -0.644. The Kier molecular flexibility index (Phi) is 4.15. The maximum Gasteiger partial charge on any atom is 0.434 e. The van der Waals surface area contributed by atoms with Crippen molar-refractivity contribution in [2.24, 2.45) is 4.99 Å². The highest BCUT2D eigenvalue weighted by Crippen LogP contribution is 2.08. The average Bonchev–Trinajstić information content (AvgIpc) is 2.24. The van der Waals surface area contributed by atoms with Crippen molar-refractivity contribution < 1.29 is 14.3 Å². The molecule has 1 amide bonds. The first-order chi connectivity index (χ1) is 7.90. The summed E-state index contributed by atoms with van der Waals surface area (Å²) in [7, 11) is 0. The fourth-order valence-corrected chi connectivity index (χ4v) is 1.13. The Labute approximate surface area is 100 Å². The van der Waals surface area contributed by atoms with Crippen molar-refractivity contribution in [3.05, 3.63) is 35.4 Å². The van der Waals surface area contributed by atoms with E-state index in [0.717, 1.165) is 6.29 Å². The Bertz CT molecular complexity index is 444. The fraction of sp³-hybridized carbons (Fsp3) is 0.308. The van der Waals surface area contributed by atoms with Gasteiger partial charge < -0.3 is 4.74 Å². The van der Waals surface area contributed by atoms with Crippen molar-refractivity contribution in [2.45, 2.75) is 26.4 Å². The molecule has 4 heteroatoms. The van der Waals surface area contributed by atoms with Crippen LogP contribution >= 0.6 is 0 Å². The summed E-state index contributed by atoms with van der Waals surface area (Å²) in [4.78, 5) is 25.5. The Morgan fingerprint density at radius 3 is 2.53 bits per heavy atom. The molecule has 0 spiro atoms. The van der Waals surface area contributed by atoms with Gasteiger partial charge in [0, 0.05) is 11.8 Å². The van der Waals surface area contributed by atoms with Gasteiger partial charge in [-0.05, 0) is 32.4 Å². The highest BCUT2D eigenvalue weighted by Gasteiger charge is 2.14. The van der Waals surface area contributed by atoms with Gasteiger partial charge in [0.2, 0.25) is 0 Å². The van der Waals surface area contributed by atoms with Crippen LogP contribution in [-0.4, -0.2) is 24.2 Å². The van der Waals surface area contributed by atoms with Gasteiger partial charge in [0.05, 0.1) is 0 Å². The lowest BCUT2D eigenvalue weighted by Crippen LogP contribution is -2.21. The first-order valence-electron chi connectivity index (χ1n) is 5.23. The van der Waals surface area contributed by atoms with Crippen LogP contribution in [0.2, 0.25) is 0 Å². The molecular formula is C13H15NO3. The van der Waals surface area contributed by atoms with Gasteiger partial charge in [-0.1, -0.05) is 18.2 Å². The molecule has 1 aromatic rings. The van der Waals surface area contributed by atoms with Crippen molar-refractivity contribution in [3.63, 3.8) is 0 Å². The minimum absolute atomic E-state index is 0.540. The van der Waals surface area contributed by atoms with Crippen LogP contribution in [-0.2, 0) is 4.74 Å². The molecule has 0 aliphatic heterocycles. The van der Waals surface area contributed by atoms with Gasteiger partial charge in [0.25, 0.3) is 0 Å². The van der Waals surface area contributed by atoms with E-state index < -0.39 is 11.7 Å². The van der Waals surface area contributed by atoms with Crippen molar-refractivity contribution in [2.75, 3.05) is 0 Å². The number of aldehydes is 1. The van der Waals surface area contributed by atoms with E-state index in [9.17, 15) is 9.59 Å². The number of benzene rings is 1. The molecule has 0 fully saturated rings. The number of ether oxygens (including phenoxy) is 1. The quantitative estimate of drug-likeness (QED) is 0.583. The Morgan fingerprint density at radius 2 is 1.94 bits per heavy atom. The monoisotopic (exact) mass is 233 g/mol. The third kappa shape index (κ3) is 5.06. The topological polar surface area (TPSA) is 55.7 Å². The predicted molar refractivity (Wildman–Crippen MR) is 65.7 cm³/mol. The van der Waals surface area contributed by atoms with E-state index in [0.29, 0.717) is 11.1 Å². The van der Waals surface area contributed by atoms with Gasteiger partial charge >= 0.3 is 6.09 Å². The van der Waals surface area contributed by atoms with E-state index >= 15 is 0 Å². The normalized spacial score (nSPS) is 11.5. The largest absolute Gasteiger partial charge is 0.442 e. The molecule has 0 heterocycles. The van der Waals surface area contributed by atoms with Crippen LogP contribution in [0.15, 0.2) is 29.3 Å². The second-order valence-corrected chi connectivity index (χ2v) is 4.53. The van der Waals surface area contributed by atoms with Gasteiger partial charge in [-0.15, -0.1) is 0 Å². The standard InChI is InChI=1S/C13H15NO3/c1-13(2,3)17-12(16)14-8-10-5-4-6-11(7-10)9-15/h4-9H,1-3H3/b14-8+. The molecule has 0 saturated heterocycles. The molecule has 1 rings (SSSR count). The molecule has 0 unspecified atom stereocenters. The van der Waals surface area contributed by atoms with Crippen LogP contribution < -0.4 is 0 Å². The number of hydrogen-bond acceptors (Lipinski definition) is 3. The summed E-state index contributed by atoms with van der Waals surface area (Å²) in [6.07, 6.45) is 1.47. The second-order valence-electron chi connectivity index (χ2n) is 4.53. The van der Waals surface area contributed by atoms with Crippen LogP contribution in [0.3, 0.4) is 0 Å². The second kappa shape index (κ2) is 5.39. The number of nitrogens with zero attached hydrogens (tertiary/aromatic N) is 1. The van der Waals surface area contributed by atoms with Gasteiger partial charge in [-0.2, -0.15) is 4.99 Å². The SMILES string of the molecule is CC(C)(C)OC(=O)/N=C/c1cccc(C=O)c1. The lowest BCUT2D eigenvalue weighted by molar-refractivity contribution is 0.0605. The minimum Gasteiger partial charge on any atom is -0.442 e. The number of rotatable bonds is 2. The summed E-state index contributed by atoms with van der Waals surface area (Å²) in [5.41, 5.74) is 0.664. The number of aliphatic imine (C=N–C) groups is 1. The molecule has 90 valence electrons. The van der Waals surface area contributed by atoms with E-state index in [1.165, 1.54) is 6.21 Å². The molecular weight excluding hydrogens is 218 g/mol. The summed E-state index contributed by atoms with van der Waals surface area (Å²) in [6, 6.07) is 6.79. The first kappa shape index (κ1) is 13.1. The molecule has 0 N–H and O–H groups in total. The van der Waals surface area contributed by atoms with Crippen molar-refractivity contribution in [1.29, 1.82) is 0 Å². The Morgan fingerprint density at radius 1 is 1.29 bits per heavy atom. The molecule has 0 atom stereocenters. The van der Waals surface area contributed by atoms with Crippen LogP contribution in [0, 0.1) is 0 Å². The summed E-state index contributed by atoms with van der Waals surface area (Å²) >= 11 is 0. The lowest BCUT2D eigenvalue weighted by atomic mass is 10.1. The number of carbonyl (C=O) groups is 2.